The first kappa shape index (κ1) is 30.1. The average molecular weight is 634 g/mol. The van der Waals surface area contributed by atoms with Crippen LogP contribution in [0.2, 0.25) is 15.1 Å². The summed E-state index contributed by atoms with van der Waals surface area (Å²) in [6.45, 7) is -0.724. The van der Waals surface area contributed by atoms with Gasteiger partial charge >= 0.3 is 0 Å². The minimum Gasteiger partial charge on any atom is -0.394 e. The highest BCUT2D eigenvalue weighted by atomic mass is 35.5. The lowest BCUT2D eigenvalue weighted by Crippen LogP contribution is -2.62. The number of anilines is 1. The molecular weight excluding hydrogens is 609 g/mol. The van der Waals surface area contributed by atoms with Gasteiger partial charge in [0.1, 0.15) is 46.7 Å². The van der Waals surface area contributed by atoms with Crippen LogP contribution in [0.4, 0.5) is 14.5 Å². The molecule has 2 aliphatic rings. The third-order valence-electron chi connectivity index (χ3n) is 7.37. The summed E-state index contributed by atoms with van der Waals surface area (Å²) < 4.78 is 34.8. The second kappa shape index (κ2) is 12.1. The maximum absolute atomic E-state index is 14.1. The third-order valence-corrected chi connectivity index (χ3v) is 8.17. The van der Waals surface area contributed by atoms with Crippen molar-refractivity contribution in [2.24, 2.45) is 0 Å². The molecule has 5 unspecified atom stereocenters. The van der Waals surface area contributed by atoms with Gasteiger partial charge in [-0.2, -0.15) is 0 Å². The molecule has 3 aromatic rings. The molecule has 4 N–H and O–H groups in total. The van der Waals surface area contributed by atoms with Gasteiger partial charge in [0.15, 0.2) is 6.10 Å². The second-order valence-corrected chi connectivity index (χ2v) is 11.2. The van der Waals surface area contributed by atoms with Crippen molar-refractivity contribution in [1.82, 2.24) is 15.0 Å². The molecule has 0 bridgehead atoms. The normalized spacial score (nSPS) is 28.2. The Bertz CT molecular complexity index is 1400. The van der Waals surface area contributed by atoms with Gasteiger partial charge in [-0.15, -0.1) is 5.10 Å². The van der Waals surface area contributed by atoms with Gasteiger partial charge in [-0.05, 0) is 49.6 Å². The maximum Gasteiger partial charge on any atom is 0.259 e. The average Bonchev–Trinajstić information content (AvgIpc) is 3.56. The van der Waals surface area contributed by atoms with E-state index in [-0.39, 0.29) is 27.0 Å². The molecule has 5 rings (SSSR count). The summed E-state index contributed by atoms with van der Waals surface area (Å²) in [6, 6.07) is 4.25. The number of rotatable bonds is 6. The van der Waals surface area contributed by atoms with E-state index in [1.165, 1.54) is 29.3 Å². The van der Waals surface area contributed by atoms with E-state index in [0.717, 1.165) is 16.8 Å². The predicted octanol–water partition coefficient (Wildman–Crippen LogP) is 3.15. The van der Waals surface area contributed by atoms with Crippen molar-refractivity contribution in [3.05, 3.63) is 63.2 Å². The van der Waals surface area contributed by atoms with Crippen molar-refractivity contribution in [3.63, 3.8) is 0 Å². The highest BCUT2D eigenvalue weighted by Crippen LogP contribution is 2.37. The zero-order chi connectivity index (χ0) is 29.6. The first-order chi connectivity index (χ1) is 19.5. The van der Waals surface area contributed by atoms with Crippen LogP contribution in [0.15, 0.2) is 36.5 Å². The number of amides is 1. The Labute approximate surface area is 247 Å². The van der Waals surface area contributed by atoms with Crippen LogP contribution < -0.4 is 4.90 Å². The van der Waals surface area contributed by atoms with Crippen LogP contribution in [-0.2, 0) is 9.53 Å². The van der Waals surface area contributed by atoms with Gasteiger partial charge in [-0.1, -0.05) is 40.0 Å². The molecule has 220 valence electrons. The Morgan fingerprint density at radius 2 is 1.68 bits per heavy atom. The Hall–Kier alpha value is -2.42. The molecule has 41 heavy (non-hydrogen) atoms. The molecule has 1 saturated carbocycles. The molecule has 7 atom stereocenters. The molecule has 0 radical (unpaired) electrons. The Morgan fingerprint density at radius 1 is 1.02 bits per heavy atom. The van der Waals surface area contributed by atoms with E-state index in [1.807, 2.05) is 0 Å². The summed E-state index contributed by atoms with van der Waals surface area (Å²) in [5.74, 6) is -2.83. The zero-order valence-electron chi connectivity index (χ0n) is 21.1. The number of aromatic nitrogens is 3. The number of halogens is 5. The minimum atomic E-state index is -1.75. The van der Waals surface area contributed by atoms with E-state index >= 15 is 0 Å². The van der Waals surface area contributed by atoms with Gasteiger partial charge in [0, 0.05) is 21.3 Å². The highest BCUT2D eigenvalue weighted by Gasteiger charge is 2.51. The summed E-state index contributed by atoms with van der Waals surface area (Å²) in [6.07, 6.45) is -4.46. The minimum absolute atomic E-state index is 0.0157. The van der Waals surface area contributed by atoms with Gasteiger partial charge in [-0.3, -0.25) is 4.79 Å². The monoisotopic (exact) mass is 632 g/mol. The molecule has 1 aromatic heterocycles. The SMILES string of the molecule is O=C(C1OC(CO)C(O)C(n2cc(-c3cc(F)c(Cl)c(F)c3)nn2)C1O)N(c1cc(Cl)cc(Cl)c1)[C@H]1CCC[C@@H]1O. The number of aliphatic hydroxyl groups excluding tert-OH is 4. The Balaban J connectivity index is 1.51. The zero-order valence-corrected chi connectivity index (χ0v) is 23.4. The Kier molecular flexibility index (Phi) is 8.84. The smallest absolute Gasteiger partial charge is 0.259 e. The fourth-order valence-electron chi connectivity index (χ4n) is 5.40. The van der Waals surface area contributed by atoms with E-state index < -0.39 is 71.8 Å². The van der Waals surface area contributed by atoms with Gasteiger partial charge in [-0.25, -0.2) is 13.5 Å². The van der Waals surface area contributed by atoms with Crippen LogP contribution in [0.1, 0.15) is 25.3 Å². The van der Waals surface area contributed by atoms with E-state index in [2.05, 4.69) is 10.3 Å². The summed E-state index contributed by atoms with van der Waals surface area (Å²) in [5.41, 5.74) is 0.225. The maximum atomic E-state index is 14.1. The predicted molar refractivity (Wildman–Crippen MR) is 145 cm³/mol. The van der Waals surface area contributed by atoms with Gasteiger partial charge in [0.2, 0.25) is 0 Å². The lowest BCUT2D eigenvalue weighted by Gasteiger charge is -2.43. The molecule has 2 heterocycles. The molecule has 1 aliphatic heterocycles. The van der Waals surface area contributed by atoms with Crippen LogP contribution >= 0.6 is 34.8 Å². The topological polar surface area (TPSA) is 141 Å². The van der Waals surface area contributed by atoms with Crippen molar-refractivity contribution < 1.29 is 38.7 Å². The number of ether oxygens (including phenoxy) is 1. The molecule has 1 amide bonds. The lowest BCUT2D eigenvalue weighted by atomic mass is 9.91. The number of nitrogens with zero attached hydrogens (tertiary/aromatic N) is 4. The molecule has 10 nitrogen and oxygen atoms in total. The Morgan fingerprint density at radius 3 is 2.27 bits per heavy atom. The van der Waals surface area contributed by atoms with Crippen LogP contribution in [0.25, 0.3) is 11.3 Å². The van der Waals surface area contributed by atoms with Crippen molar-refractivity contribution in [2.75, 3.05) is 11.5 Å². The van der Waals surface area contributed by atoms with Crippen molar-refractivity contribution in [2.45, 2.75) is 61.9 Å². The van der Waals surface area contributed by atoms with Gasteiger partial charge in [0.25, 0.3) is 5.91 Å². The number of hydrogen-bond acceptors (Lipinski definition) is 8. The third kappa shape index (κ3) is 5.80. The van der Waals surface area contributed by atoms with Gasteiger partial charge in [0.05, 0.1) is 24.9 Å². The van der Waals surface area contributed by atoms with Crippen LogP contribution in [0.5, 0.6) is 0 Å². The van der Waals surface area contributed by atoms with Gasteiger partial charge < -0.3 is 30.1 Å². The van der Waals surface area contributed by atoms with E-state index in [0.29, 0.717) is 19.3 Å². The molecule has 1 saturated heterocycles. The summed E-state index contributed by atoms with van der Waals surface area (Å²) >= 11 is 18.0. The number of carbonyl (C=O) groups is 1. The first-order valence-corrected chi connectivity index (χ1v) is 13.8. The van der Waals surface area contributed by atoms with Crippen LogP contribution in [-0.4, -0.2) is 84.5 Å². The van der Waals surface area contributed by atoms with E-state index in [9.17, 15) is 34.0 Å². The molecule has 2 aromatic carbocycles. The van der Waals surface area contributed by atoms with Crippen molar-refractivity contribution >= 4 is 46.4 Å². The molecule has 15 heteroatoms. The van der Waals surface area contributed by atoms with Crippen LogP contribution in [0.3, 0.4) is 0 Å². The van der Waals surface area contributed by atoms with Crippen molar-refractivity contribution in [3.8, 4) is 11.3 Å². The standard InChI is InChI=1S/C26H25Cl3F2N4O6/c27-12-6-13(28)8-14(7-12)35(18-2-1-3-19(18)37)26(40)25-24(39)22(23(38)20(10-36)41-25)34-9-17(32-33-34)11-4-15(30)21(29)16(31)5-11/h4-9,18-20,22-25,36-39H,1-3,10H2/t18-,19-,20?,22?,23?,24?,25?/m0/s1. The summed E-state index contributed by atoms with van der Waals surface area (Å²) in [4.78, 5) is 15.3. The first-order valence-electron chi connectivity index (χ1n) is 12.7. The molecular formula is C26H25Cl3F2N4O6. The molecule has 2 fully saturated rings. The fourth-order valence-corrected chi connectivity index (χ4v) is 6.02. The molecule has 1 aliphatic carbocycles. The van der Waals surface area contributed by atoms with Crippen molar-refractivity contribution in [1.29, 1.82) is 0 Å². The fraction of sp³-hybridized carbons (Fsp3) is 0.423. The number of aliphatic hydroxyl groups is 4. The molecule has 0 spiro atoms. The van der Waals surface area contributed by atoms with E-state index in [1.54, 1.807) is 0 Å². The number of hydrogen-bond donors (Lipinski definition) is 4. The summed E-state index contributed by atoms with van der Waals surface area (Å²) in [5, 5.41) is 50.6. The highest BCUT2D eigenvalue weighted by molar-refractivity contribution is 6.35. The number of benzene rings is 2. The van der Waals surface area contributed by atoms with Crippen LogP contribution in [0, 0.1) is 11.6 Å². The van der Waals surface area contributed by atoms with E-state index in [4.69, 9.17) is 39.5 Å². The largest absolute Gasteiger partial charge is 0.394 e. The second-order valence-electron chi connectivity index (χ2n) is 9.99. The lowest BCUT2D eigenvalue weighted by molar-refractivity contribution is -0.205. The quantitative estimate of drug-likeness (QED) is 0.304. The summed E-state index contributed by atoms with van der Waals surface area (Å²) in [7, 11) is 0. The number of carbonyl (C=O) groups excluding carboxylic acids is 1.